The van der Waals surface area contributed by atoms with Crippen LogP contribution in [0.25, 0.3) is 0 Å². The van der Waals surface area contributed by atoms with E-state index in [1.54, 1.807) is 13.0 Å². The lowest BCUT2D eigenvalue weighted by molar-refractivity contribution is -0.134. The molecule has 4 heteroatoms. The summed E-state index contributed by atoms with van der Waals surface area (Å²) in [6.45, 7) is 1.56. The van der Waals surface area contributed by atoms with E-state index in [1.807, 2.05) is 6.08 Å². The zero-order chi connectivity index (χ0) is 12.4. The summed E-state index contributed by atoms with van der Waals surface area (Å²) in [5.74, 6) is -0.234. The maximum Gasteiger partial charge on any atom is 0.330 e. The Kier molecular flexibility index (Phi) is 8.81. The van der Waals surface area contributed by atoms with E-state index in [2.05, 4.69) is 20.7 Å². The van der Waals surface area contributed by atoms with E-state index in [4.69, 9.17) is 0 Å². The van der Waals surface area contributed by atoms with E-state index < -0.39 is 0 Å². The second-order valence-corrected chi connectivity index (χ2v) is 3.84. The number of methoxy groups -OCH3 is 1. The van der Waals surface area contributed by atoms with E-state index in [1.165, 1.54) is 13.2 Å². The smallest absolute Gasteiger partial charge is 0.330 e. The SMILES string of the molecule is COC(=O)/C=C/CCC/C=C(\CBr)C(C)=O. The van der Waals surface area contributed by atoms with Gasteiger partial charge >= 0.3 is 5.97 Å². The molecule has 0 atom stereocenters. The number of carbonyl (C=O) groups is 2. The van der Waals surface area contributed by atoms with Gasteiger partial charge in [0.25, 0.3) is 0 Å². The first-order chi connectivity index (χ1) is 7.61. The Labute approximate surface area is 105 Å². The van der Waals surface area contributed by atoms with Gasteiger partial charge in [0.1, 0.15) is 0 Å². The van der Waals surface area contributed by atoms with Crippen molar-refractivity contribution in [2.24, 2.45) is 0 Å². The van der Waals surface area contributed by atoms with Crippen molar-refractivity contribution in [3.63, 3.8) is 0 Å². The van der Waals surface area contributed by atoms with Gasteiger partial charge in [-0.05, 0) is 26.2 Å². The third-order valence-electron chi connectivity index (χ3n) is 2.02. The van der Waals surface area contributed by atoms with Gasteiger partial charge in [0, 0.05) is 17.0 Å². The van der Waals surface area contributed by atoms with E-state index in [9.17, 15) is 9.59 Å². The fourth-order valence-electron chi connectivity index (χ4n) is 1.05. The molecular formula is C12H17BrO3. The van der Waals surface area contributed by atoms with Crippen LogP contribution in [0.3, 0.4) is 0 Å². The van der Waals surface area contributed by atoms with Crippen LogP contribution in [0, 0.1) is 0 Å². The Hall–Kier alpha value is -0.900. The minimum Gasteiger partial charge on any atom is -0.466 e. The molecule has 0 rings (SSSR count). The van der Waals surface area contributed by atoms with Crippen LogP contribution in [-0.2, 0) is 14.3 Å². The Bertz CT molecular complexity index is 293. The predicted molar refractivity (Wildman–Crippen MR) is 67.6 cm³/mol. The van der Waals surface area contributed by atoms with Gasteiger partial charge in [0.15, 0.2) is 5.78 Å². The number of carbonyl (C=O) groups excluding carboxylic acids is 2. The average Bonchev–Trinajstić information content (AvgIpc) is 2.27. The first kappa shape index (κ1) is 15.1. The minimum atomic E-state index is -0.333. The van der Waals surface area contributed by atoms with E-state index in [0.29, 0.717) is 5.33 Å². The predicted octanol–water partition coefficient (Wildman–Crippen LogP) is 2.80. The van der Waals surface area contributed by atoms with Crippen molar-refractivity contribution in [3.8, 4) is 0 Å². The molecule has 0 aliphatic carbocycles. The van der Waals surface area contributed by atoms with Crippen LogP contribution < -0.4 is 0 Å². The van der Waals surface area contributed by atoms with E-state index in [0.717, 1.165) is 24.8 Å². The quantitative estimate of drug-likeness (QED) is 0.313. The molecule has 0 unspecified atom stereocenters. The number of alkyl halides is 1. The Morgan fingerprint density at radius 2 is 2.00 bits per heavy atom. The molecule has 0 saturated carbocycles. The molecule has 0 aromatic heterocycles. The second-order valence-electron chi connectivity index (χ2n) is 3.28. The maximum absolute atomic E-state index is 11.0. The molecule has 0 N–H and O–H groups in total. The number of esters is 1. The van der Waals surface area contributed by atoms with Crippen molar-refractivity contribution >= 4 is 27.7 Å². The topological polar surface area (TPSA) is 43.4 Å². The summed E-state index contributed by atoms with van der Waals surface area (Å²) in [7, 11) is 1.35. The molecule has 3 nitrogen and oxygen atoms in total. The Morgan fingerprint density at radius 1 is 1.31 bits per heavy atom. The van der Waals surface area contributed by atoms with Crippen molar-refractivity contribution in [1.82, 2.24) is 0 Å². The van der Waals surface area contributed by atoms with Crippen LogP contribution in [0.4, 0.5) is 0 Å². The average molecular weight is 289 g/mol. The lowest BCUT2D eigenvalue weighted by atomic mass is 10.1. The number of rotatable bonds is 7. The molecule has 0 aromatic rings. The molecule has 0 saturated heterocycles. The summed E-state index contributed by atoms with van der Waals surface area (Å²) in [5.41, 5.74) is 0.803. The van der Waals surface area contributed by atoms with Crippen LogP contribution in [-0.4, -0.2) is 24.2 Å². The third kappa shape index (κ3) is 7.40. The van der Waals surface area contributed by atoms with Gasteiger partial charge in [-0.2, -0.15) is 0 Å². The fourth-order valence-corrected chi connectivity index (χ4v) is 1.68. The normalized spacial score (nSPS) is 11.8. The largest absolute Gasteiger partial charge is 0.466 e. The van der Waals surface area contributed by atoms with Crippen LogP contribution in [0.1, 0.15) is 26.2 Å². The van der Waals surface area contributed by atoms with Crippen LogP contribution in [0.5, 0.6) is 0 Å². The van der Waals surface area contributed by atoms with Crippen LogP contribution >= 0.6 is 15.9 Å². The molecule has 0 bridgehead atoms. The maximum atomic E-state index is 11.0. The van der Waals surface area contributed by atoms with Gasteiger partial charge in [0.2, 0.25) is 0 Å². The van der Waals surface area contributed by atoms with Gasteiger partial charge in [-0.1, -0.05) is 28.1 Å². The fraction of sp³-hybridized carbons (Fsp3) is 0.500. The lowest BCUT2D eigenvalue weighted by Gasteiger charge is -1.97. The van der Waals surface area contributed by atoms with Crippen LogP contribution in [0.2, 0.25) is 0 Å². The minimum absolute atomic E-state index is 0.0991. The number of ether oxygens (including phenoxy) is 1. The molecule has 90 valence electrons. The molecule has 16 heavy (non-hydrogen) atoms. The zero-order valence-corrected chi connectivity index (χ0v) is 11.2. The van der Waals surface area contributed by atoms with Gasteiger partial charge in [-0.25, -0.2) is 4.79 Å². The number of hydrogen-bond donors (Lipinski definition) is 0. The van der Waals surface area contributed by atoms with Gasteiger partial charge < -0.3 is 4.74 Å². The molecular weight excluding hydrogens is 272 g/mol. The number of ketones is 1. The van der Waals surface area contributed by atoms with Gasteiger partial charge in [0.05, 0.1) is 7.11 Å². The number of allylic oxidation sites excluding steroid dienone is 3. The Balaban J connectivity index is 3.79. The summed E-state index contributed by atoms with van der Waals surface area (Å²) in [4.78, 5) is 21.8. The lowest BCUT2D eigenvalue weighted by Crippen LogP contribution is -1.97. The summed E-state index contributed by atoms with van der Waals surface area (Å²) >= 11 is 3.26. The van der Waals surface area contributed by atoms with E-state index >= 15 is 0 Å². The molecule has 0 radical (unpaired) electrons. The summed E-state index contributed by atoms with van der Waals surface area (Å²) in [6.07, 6.45) is 7.69. The van der Waals surface area contributed by atoms with E-state index in [-0.39, 0.29) is 11.8 Å². The molecule has 0 aromatic carbocycles. The van der Waals surface area contributed by atoms with Crippen molar-refractivity contribution in [1.29, 1.82) is 0 Å². The van der Waals surface area contributed by atoms with Crippen molar-refractivity contribution < 1.29 is 14.3 Å². The number of halogens is 1. The zero-order valence-electron chi connectivity index (χ0n) is 9.66. The van der Waals surface area contributed by atoms with Crippen LogP contribution in [0.15, 0.2) is 23.8 Å². The Morgan fingerprint density at radius 3 is 2.50 bits per heavy atom. The standard InChI is InChI=1S/C12H17BrO3/c1-10(14)11(9-13)7-5-3-4-6-8-12(15)16-2/h6-8H,3-5,9H2,1-2H3/b8-6+,11-7+. The highest BCUT2D eigenvalue weighted by Crippen LogP contribution is 2.06. The monoisotopic (exact) mass is 288 g/mol. The summed E-state index contributed by atoms with van der Waals surface area (Å²) < 4.78 is 4.46. The number of hydrogen-bond acceptors (Lipinski definition) is 3. The van der Waals surface area contributed by atoms with Gasteiger partial charge in [-0.15, -0.1) is 0 Å². The second kappa shape index (κ2) is 9.33. The first-order valence-corrected chi connectivity index (χ1v) is 6.24. The molecule has 0 aliphatic rings. The molecule has 0 fully saturated rings. The third-order valence-corrected chi connectivity index (χ3v) is 2.62. The molecule has 0 amide bonds. The molecule has 0 spiro atoms. The highest BCUT2D eigenvalue weighted by molar-refractivity contribution is 9.09. The first-order valence-electron chi connectivity index (χ1n) is 5.12. The molecule has 0 heterocycles. The molecule has 0 aliphatic heterocycles. The highest BCUT2D eigenvalue weighted by Gasteiger charge is 1.99. The van der Waals surface area contributed by atoms with Crippen molar-refractivity contribution in [2.75, 3.05) is 12.4 Å². The van der Waals surface area contributed by atoms with Crippen molar-refractivity contribution in [2.45, 2.75) is 26.2 Å². The summed E-state index contributed by atoms with van der Waals surface area (Å²) in [5, 5.41) is 0.598. The van der Waals surface area contributed by atoms with Gasteiger partial charge in [-0.3, -0.25) is 4.79 Å². The summed E-state index contributed by atoms with van der Waals surface area (Å²) in [6, 6.07) is 0. The number of unbranched alkanes of at least 4 members (excludes halogenated alkanes) is 2. The van der Waals surface area contributed by atoms with Crippen molar-refractivity contribution in [3.05, 3.63) is 23.8 Å². The number of Topliss-reactive ketones (excluding diaryl/α,β-unsaturated/α-hetero) is 1. The highest BCUT2D eigenvalue weighted by atomic mass is 79.9.